The topological polar surface area (TPSA) is 84.7 Å². The average molecular weight is 496 g/mol. The van der Waals surface area contributed by atoms with Crippen LogP contribution in [0.25, 0.3) is 5.76 Å². The van der Waals surface area contributed by atoms with E-state index in [9.17, 15) is 14.7 Å². The third-order valence-corrected chi connectivity index (χ3v) is 5.93. The normalized spacial score (nSPS) is 17.7. The fraction of sp³-hybridized carbons (Fsp3) is 0.208. The van der Waals surface area contributed by atoms with Gasteiger partial charge in [0.15, 0.2) is 0 Å². The molecule has 3 aromatic rings. The molecule has 2 heterocycles. The number of hydrogen-bond donors (Lipinski definition) is 1. The first kappa shape index (κ1) is 21.8. The largest absolute Gasteiger partial charge is 0.507 e. The number of hydrogen-bond acceptors (Lipinski definition) is 5. The van der Waals surface area contributed by atoms with E-state index >= 15 is 0 Å². The second-order valence-electron chi connectivity index (χ2n) is 7.40. The van der Waals surface area contributed by atoms with Crippen LogP contribution in [0.15, 0.2) is 77.3 Å². The van der Waals surface area contributed by atoms with Gasteiger partial charge in [-0.2, -0.15) is 0 Å². The lowest BCUT2D eigenvalue weighted by molar-refractivity contribution is -0.139. The molecule has 1 unspecified atom stereocenters. The number of Topliss-reactive ketones (excluding diaryl/α,β-unsaturated/α-hetero) is 1. The maximum atomic E-state index is 13.1. The summed E-state index contributed by atoms with van der Waals surface area (Å²) in [6.07, 6.45) is 5.88. The van der Waals surface area contributed by atoms with Crippen LogP contribution in [-0.4, -0.2) is 44.9 Å². The summed E-state index contributed by atoms with van der Waals surface area (Å²) < 4.78 is 8.09. The van der Waals surface area contributed by atoms with Gasteiger partial charge in [-0.05, 0) is 36.2 Å². The van der Waals surface area contributed by atoms with Gasteiger partial charge in [-0.1, -0.05) is 40.2 Å². The van der Waals surface area contributed by atoms with Crippen molar-refractivity contribution in [3.8, 4) is 5.75 Å². The van der Waals surface area contributed by atoms with E-state index in [1.165, 1.54) is 12.0 Å². The Morgan fingerprint density at radius 3 is 2.69 bits per heavy atom. The highest BCUT2D eigenvalue weighted by molar-refractivity contribution is 9.10. The number of para-hydroxylation sites is 1. The number of ketones is 1. The second-order valence-corrected chi connectivity index (χ2v) is 8.32. The predicted octanol–water partition coefficient (Wildman–Crippen LogP) is 4.17. The van der Waals surface area contributed by atoms with Gasteiger partial charge in [0.2, 0.25) is 0 Å². The van der Waals surface area contributed by atoms with Gasteiger partial charge in [0.25, 0.3) is 11.7 Å². The molecule has 164 valence electrons. The molecule has 1 N–H and O–H groups in total. The predicted molar refractivity (Wildman–Crippen MR) is 123 cm³/mol. The zero-order valence-corrected chi connectivity index (χ0v) is 19.0. The van der Waals surface area contributed by atoms with Gasteiger partial charge >= 0.3 is 0 Å². The van der Waals surface area contributed by atoms with E-state index in [0.29, 0.717) is 30.8 Å². The molecule has 0 spiro atoms. The number of rotatable bonds is 7. The number of likely N-dealkylation sites (tertiary alicyclic amines) is 1. The summed E-state index contributed by atoms with van der Waals surface area (Å²) in [6.45, 7) is 1.00. The number of carbonyl (C=O) groups is 2. The van der Waals surface area contributed by atoms with Gasteiger partial charge in [-0.25, -0.2) is 4.98 Å². The Kier molecular flexibility index (Phi) is 6.41. The summed E-state index contributed by atoms with van der Waals surface area (Å²) in [4.78, 5) is 31.7. The van der Waals surface area contributed by atoms with Gasteiger partial charge in [0.05, 0.1) is 30.6 Å². The Labute approximate surface area is 194 Å². The third kappa shape index (κ3) is 4.18. The zero-order chi connectivity index (χ0) is 22.7. The van der Waals surface area contributed by atoms with Crippen molar-refractivity contribution < 1.29 is 19.4 Å². The van der Waals surface area contributed by atoms with Crippen LogP contribution in [0.1, 0.15) is 23.6 Å². The monoisotopic (exact) mass is 495 g/mol. The van der Waals surface area contributed by atoms with E-state index in [1.54, 1.807) is 36.8 Å². The first-order chi connectivity index (χ1) is 15.5. The fourth-order valence-corrected chi connectivity index (χ4v) is 4.38. The summed E-state index contributed by atoms with van der Waals surface area (Å²) in [7, 11) is 1.49. The highest BCUT2D eigenvalue weighted by Crippen LogP contribution is 2.41. The summed E-state index contributed by atoms with van der Waals surface area (Å²) in [5.74, 6) is -1.16. The molecule has 1 fully saturated rings. The Morgan fingerprint density at radius 1 is 1.16 bits per heavy atom. The molecule has 1 aromatic heterocycles. The first-order valence-corrected chi connectivity index (χ1v) is 10.9. The Morgan fingerprint density at radius 2 is 1.97 bits per heavy atom. The van der Waals surface area contributed by atoms with Crippen molar-refractivity contribution in [1.29, 1.82) is 0 Å². The zero-order valence-electron chi connectivity index (χ0n) is 17.4. The molecule has 0 aliphatic carbocycles. The smallest absolute Gasteiger partial charge is 0.295 e. The lowest BCUT2D eigenvalue weighted by atomic mass is 9.95. The number of carbonyl (C=O) groups excluding carboxylic acids is 2. The summed E-state index contributed by atoms with van der Waals surface area (Å²) in [6, 6.07) is 13.6. The molecule has 1 atom stereocenters. The van der Waals surface area contributed by atoms with Crippen LogP contribution < -0.4 is 4.74 Å². The number of benzene rings is 2. The standard InChI is InChI=1S/C24H22BrN3O4/c1-32-19-9-3-2-8-18(19)22(29)20-21(16-6-4-7-17(25)14-16)28(24(31)23(20)30)12-5-11-27-13-10-26-15-27/h2-4,6-10,13-15,21,29H,5,11-12H2,1H3/b22-20+. The average Bonchev–Trinajstić information content (AvgIpc) is 3.41. The minimum Gasteiger partial charge on any atom is -0.507 e. The molecule has 1 aliphatic heterocycles. The quantitative estimate of drug-likeness (QED) is 0.302. The number of ether oxygens (including phenoxy) is 1. The molecule has 7 nitrogen and oxygen atoms in total. The molecule has 0 bridgehead atoms. The van der Waals surface area contributed by atoms with Crippen molar-refractivity contribution in [3.63, 3.8) is 0 Å². The second kappa shape index (κ2) is 9.40. The molecule has 2 aromatic carbocycles. The van der Waals surface area contributed by atoms with Gasteiger partial charge in [-0.3, -0.25) is 9.59 Å². The number of aryl methyl sites for hydroxylation is 1. The molecular weight excluding hydrogens is 474 g/mol. The molecule has 4 rings (SSSR count). The van der Waals surface area contributed by atoms with Crippen molar-refractivity contribution in [1.82, 2.24) is 14.5 Å². The number of methoxy groups -OCH3 is 1. The van der Waals surface area contributed by atoms with Crippen LogP contribution in [0.4, 0.5) is 0 Å². The van der Waals surface area contributed by atoms with Crippen LogP contribution in [-0.2, 0) is 16.1 Å². The minimum atomic E-state index is -0.708. The molecular formula is C24H22BrN3O4. The molecule has 32 heavy (non-hydrogen) atoms. The molecule has 8 heteroatoms. The maximum Gasteiger partial charge on any atom is 0.295 e. The van der Waals surface area contributed by atoms with Crippen molar-refractivity contribution in [2.24, 2.45) is 0 Å². The van der Waals surface area contributed by atoms with Crippen molar-refractivity contribution in [2.45, 2.75) is 19.0 Å². The lowest BCUT2D eigenvalue weighted by Gasteiger charge is -2.25. The van der Waals surface area contributed by atoms with Gasteiger partial charge in [0.1, 0.15) is 11.5 Å². The van der Waals surface area contributed by atoms with Gasteiger partial charge in [0, 0.05) is 30.0 Å². The van der Waals surface area contributed by atoms with E-state index in [4.69, 9.17) is 4.74 Å². The molecule has 1 amide bonds. The van der Waals surface area contributed by atoms with Gasteiger partial charge in [-0.15, -0.1) is 0 Å². The maximum absolute atomic E-state index is 13.1. The highest BCUT2D eigenvalue weighted by Gasteiger charge is 2.46. The van der Waals surface area contributed by atoms with Gasteiger partial charge < -0.3 is 19.3 Å². The van der Waals surface area contributed by atoms with E-state index in [1.807, 2.05) is 35.0 Å². The lowest BCUT2D eigenvalue weighted by Crippen LogP contribution is -2.31. The van der Waals surface area contributed by atoms with E-state index in [2.05, 4.69) is 20.9 Å². The van der Waals surface area contributed by atoms with E-state index in [-0.39, 0.29) is 11.3 Å². The van der Waals surface area contributed by atoms with Crippen molar-refractivity contribution >= 4 is 33.4 Å². The molecule has 1 aliphatic rings. The minimum absolute atomic E-state index is 0.0558. The summed E-state index contributed by atoms with van der Waals surface area (Å²) >= 11 is 3.47. The number of aliphatic hydroxyl groups is 1. The number of aromatic nitrogens is 2. The molecule has 0 radical (unpaired) electrons. The number of amides is 1. The summed E-state index contributed by atoms with van der Waals surface area (Å²) in [5, 5.41) is 11.2. The van der Waals surface area contributed by atoms with Crippen LogP contribution in [0, 0.1) is 0 Å². The number of aliphatic hydroxyl groups excluding tert-OH is 1. The third-order valence-electron chi connectivity index (χ3n) is 5.44. The molecule has 1 saturated heterocycles. The number of halogens is 1. The van der Waals surface area contributed by atoms with E-state index in [0.717, 1.165) is 10.0 Å². The highest BCUT2D eigenvalue weighted by atomic mass is 79.9. The van der Waals surface area contributed by atoms with Crippen molar-refractivity contribution in [2.75, 3.05) is 13.7 Å². The van der Waals surface area contributed by atoms with Crippen LogP contribution >= 0.6 is 15.9 Å². The summed E-state index contributed by atoms with van der Waals surface area (Å²) in [5.41, 5.74) is 1.16. The Bertz CT molecular complexity index is 1170. The number of nitrogens with zero attached hydrogens (tertiary/aromatic N) is 3. The fourth-order valence-electron chi connectivity index (χ4n) is 3.96. The van der Waals surface area contributed by atoms with E-state index < -0.39 is 17.7 Å². The van der Waals surface area contributed by atoms with Crippen molar-refractivity contribution in [3.05, 3.63) is 88.4 Å². The Hall–Kier alpha value is -3.39. The van der Waals surface area contributed by atoms with Crippen LogP contribution in [0.5, 0.6) is 5.75 Å². The molecule has 0 saturated carbocycles. The number of imidazole rings is 1. The first-order valence-electron chi connectivity index (χ1n) is 10.1. The van der Waals surface area contributed by atoms with Crippen LogP contribution in [0.2, 0.25) is 0 Å². The van der Waals surface area contributed by atoms with Crippen LogP contribution in [0.3, 0.4) is 0 Å². The SMILES string of the molecule is COc1ccccc1/C(O)=C1\C(=O)C(=O)N(CCCn2ccnc2)C1c1cccc(Br)c1. The Balaban J connectivity index is 1.77.